The summed E-state index contributed by atoms with van der Waals surface area (Å²) in [7, 11) is 0. The van der Waals surface area contributed by atoms with Gasteiger partial charge in [0.1, 0.15) is 10.7 Å². The van der Waals surface area contributed by atoms with E-state index in [-0.39, 0.29) is 5.91 Å². The summed E-state index contributed by atoms with van der Waals surface area (Å²) < 4.78 is 1.96. The van der Waals surface area contributed by atoms with Gasteiger partial charge < -0.3 is 5.32 Å². The number of amides is 1. The normalized spacial score (nSPS) is 14.7. The van der Waals surface area contributed by atoms with Crippen LogP contribution in [0, 0.1) is 0 Å². The van der Waals surface area contributed by atoms with Gasteiger partial charge in [0.05, 0.1) is 17.9 Å². The molecule has 2 N–H and O–H groups in total. The van der Waals surface area contributed by atoms with Crippen LogP contribution < -0.4 is 5.32 Å². The van der Waals surface area contributed by atoms with Gasteiger partial charge in [0, 0.05) is 35.7 Å². The average molecular weight is 421 g/mol. The highest BCUT2D eigenvalue weighted by Crippen LogP contribution is 2.32. The van der Waals surface area contributed by atoms with Crippen molar-refractivity contribution < 1.29 is 4.79 Å². The van der Waals surface area contributed by atoms with Crippen molar-refractivity contribution in [1.82, 2.24) is 34.9 Å². The molecule has 1 aliphatic carbocycles. The molecule has 0 aromatic carbocycles. The quantitative estimate of drug-likeness (QED) is 0.505. The molecule has 0 atom stereocenters. The molecular weight excluding hydrogens is 400 g/mol. The number of aromatic amines is 1. The molecule has 30 heavy (non-hydrogen) atoms. The molecule has 5 rings (SSSR count). The molecule has 1 fully saturated rings. The second-order valence-corrected chi connectivity index (χ2v) is 8.07. The van der Waals surface area contributed by atoms with Crippen molar-refractivity contribution >= 4 is 22.9 Å². The van der Waals surface area contributed by atoms with E-state index in [0.717, 1.165) is 23.4 Å². The third-order valence-electron chi connectivity index (χ3n) is 5.19. The maximum Gasteiger partial charge on any atom is 0.275 e. The summed E-state index contributed by atoms with van der Waals surface area (Å²) in [5, 5.41) is 16.9. The number of hydrogen-bond acceptors (Lipinski definition) is 7. The lowest BCUT2D eigenvalue weighted by Gasteiger charge is -2.21. The molecular formula is C20H20N8OS. The van der Waals surface area contributed by atoms with E-state index in [4.69, 9.17) is 5.10 Å². The first-order valence-electron chi connectivity index (χ1n) is 9.90. The summed E-state index contributed by atoms with van der Waals surface area (Å²) in [6.07, 6.45) is 14.5. The second kappa shape index (κ2) is 8.15. The molecule has 1 aliphatic rings. The van der Waals surface area contributed by atoms with E-state index >= 15 is 0 Å². The van der Waals surface area contributed by atoms with Crippen LogP contribution in [0.2, 0.25) is 0 Å². The molecule has 4 aromatic heterocycles. The Bertz CT molecular complexity index is 1130. The number of hydrogen-bond donors (Lipinski definition) is 2. The van der Waals surface area contributed by atoms with Crippen LogP contribution in [0.1, 0.15) is 48.6 Å². The Labute approximate surface area is 176 Å². The fourth-order valence-corrected chi connectivity index (χ4v) is 4.45. The monoisotopic (exact) mass is 420 g/mol. The van der Waals surface area contributed by atoms with E-state index < -0.39 is 0 Å². The zero-order chi connectivity index (χ0) is 20.3. The van der Waals surface area contributed by atoms with Crippen molar-refractivity contribution in [3.8, 4) is 22.1 Å². The van der Waals surface area contributed by atoms with E-state index in [0.29, 0.717) is 28.9 Å². The number of anilines is 1. The van der Waals surface area contributed by atoms with Crippen LogP contribution in [0.15, 0.2) is 42.4 Å². The number of rotatable bonds is 5. The molecule has 1 amide bonds. The van der Waals surface area contributed by atoms with E-state index in [1.165, 1.54) is 30.6 Å². The van der Waals surface area contributed by atoms with Gasteiger partial charge in [0.15, 0.2) is 11.5 Å². The minimum absolute atomic E-state index is 0.290. The number of aromatic nitrogens is 7. The predicted molar refractivity (Wildman–Crippen MR) is 113 cm³/mol. The Morgan fingerprint density at radius 1 is 1.20 bits per heavy atom. The SMILES string of the molecule is O=C(Nc1cn(C2CCCCC2)nc1-c1ncccn1)c1csc(-c2cn[nH]c2)n1. The second-order valence-electron chi connectivity index (χ2n) is 7.21. The van der Waals surface area contributed by atoms with Crippen molar-refractivity contribution in [2.75, 3.05) is 5.32 Å². The van der Waals surface area contributed by atoms with Gasteiger partial charge in [0.2, 0.25) is 0 Å². The number of carbonyl (C=O) groups is 1. The highest BCUT2D eigenvalue weighted by Gasteiger charge is 2.22. The molecule has 1 saturated carbocycles. The van der Waals surface area contributed by atoms with Gasteiger partial charge in [-0.25, -0.2) is 15.0 Å². The minimum atomic E-state index is -0.290. The van der Waals surface area contributed by atoms with E-state index in [9.17, 15) is 4.79 Å². The highest BCUT2D eigenvalue weighted by molar-refractivity contribution is 7.13. The van der Waals surface area contributed by atoms with Gasteiger partial charge in [-0.2, -0.15) is 10.2 Å². The van der Waals surface area contributed by atoms with Crippen LogP contribution in [0.4, 0.5) is 5.69 Å². The third kappa shape index (κ3) is 3.73. The Morgan fingerprint density at radius 3 is 2.80 bits per heavy atom. The van der Waals surface area contributed by atoms with E-state index in [1.54, 1.807) is 36.2 Å². The number of nitrogens with one attached hydrogen (secondary N) is 2. The molecule has 4 heterocycles. The Balaban J connectivity index is 1.44. The van der Waals surface area contributed by atoms with Crippen molar-refractivity contribution in [3.05, 3.63) is 48.1 Å². The Kier molecular flexibility index (Phi) is 5.06. The molecule has 10 heteroatoms. The van der Waals surface area contributed by atoms with Crippen molar-refractivity contribution in [1.29, 1.82) is 0 Å². The standard InChI is InChI=1S/C20H20N8OS/c29-19(16-12-30-20(26-16)13-9-23-24-10-13)25-15-11-28(14-5-2-1-3-6-14)27-17(15)18-21-7-4-8-22-18/h4,7-12,14H,1-3,5-6H2,(H,23,24)(H,25,29). The summed E-state index contributed by atoms with van der Waals surface area (Å²) in [5.74, 6) is 0.195. The zero-order valence-corrected chi connectivity index (χ0v) is 17.0. The van der Waals surface area contributed by atoms with Crippen LogP contribution in [0.25, 0.3) is 22.1 Å². The van der Waals surface area contributed by atoms with E-state index in [1.807, 2.05) is 10.9 Å². The number of H-pyrrole nitrogens is 1. The largest absolute Gasteiger partial charge is 0.317 e. The summed E-state index contributed by atoms with van der Waals surface area (Å²) in [4.78, 5) is 26.0. The van der Waals surface area contributed by atoms with Crippen LogP contribution in [-0.4, -0.2) is 40.8 Å². The van der Waals surface area contributed by atoms with Crippen LogP contribution in [0.3, 0.4) is 0 Å². The highest BCUT2D eigenvalue weighted by atomic mass is 32.1. The molecule has 4 aromatic rings. The first-order chi connectivity index (χ1) is 14.8. The van der Waals surface area contributed by atoms with Gasteiger partial charge in [0.25, 0.3) is 5.91 Å². The average Bonchev–Trinajstić information content (AvgIpc) is 3.55. The molecule has 0 radical (unpaired) electrons. The third-order valence-corrected chi connectivity index (χ3v) is 6.08. The molecule has 0 aliphatic heterocycles. The first-order valence-corrected chi connectivity index (χ1v) is 10.8. The fourth-order valence-electron chi connectivity index (χ4n) is 3.67. The zero-order valence-electron chi connectivity index (χ0n) is 16.2. The molecule has 9 nitrogen and oxygen atoms in total. The molecule has 0 unspecified atom stereocenters. The smallest absolute Gasteiger partial charge is 0.275 e. The lowest BCUT2D eigenvalue weighted by atomic mass is 9.96. The molecule has 0 saturated heterocycles. The van der Waals surface area contributed by atoms with Gasteiger partial charge in [-0.15, -0.1) is 11.3 Å². The summed E-state index contributed by atoms with van der Waals surface area (Å²) in [6.45, 7) is 0. The lowest BCUT2D eigenvalue weighted by Crippen LogP contribution is -2.14. The number of carbonyl (C=O) groups excluding carboxylic acids is 1. The topological polar surface area (TPSA) is 114 Å². The molecule has 0 spiro atoms. The van der Waals surface area contributed by atoms with Crippen LogP contribution in [-0.2, 0) is 0 Å². The summed E-state index contributed by atoms with van der Waals surface area (Å²) in [5.41, 5.74) is 2.36. The van der Waals surface area contributed by atoms with Crippen molar-refractivity contribution in [2.45, 2.75) is 38.1 Å². The summed E-state index contributed by atoms with van der Waals surface area (Å²) in [6, 6.07) is 2.09. The predicted octanol–water partition coefficient (Wildman–Crippen LogP) is 3.94. The van der Waals surface area contributed by atoms with Gasteiger partial charge in [-0.3, -0.25) is 14.6 Å². The number of nitrogens with zero attached hydrogens (tertiary/aromatic N) is 6. The molecule has 0 bridgehead atoms. The Hall–Kier alpha value is -3.40. The van der Waals surface area contributed by atoms with Gasteiger partial charge in [-0.1, -0.05) is 19.3 Å². The fraction of sp³-hybridized carbons (Fsp3) is 0.300. The first kappa shape index (κ1) is 18.6. The maximum absolute atomic E-state index is 12.9. The van der Waals surface area contributed by atoms with Crippen LogP contribution >= 0.6 is 11.3 Å². The summed E-state index contributed by atoms with van der Waals surface area (Å²) >= 11 is 1.40. The van der Waals surface area contributed by atoms with Gasteiger partial charge >= 0.3 is 0 Å². The van der Waals surface area contributed by atoms with Crippen LogP contribution in [0.5, 0.6) is 0 Å². The van der Waals surface area contributed by atoms with Crippen molar-refractivity contribution in [3.63, 3.8) is 0 Å². The maximum atomic E-state index is 12.9. The minimum Gasteiger partial charge on any atom is -0.317 e. The Morgan fingerprint density at radius 2 is 2.03 bits per heavy atom. The van der Waals surface area contributed by atoms with Crippen molar-refractivity contribution in [2.24, 2.45) is 0 Å². The van der Waals surface area contributed by atoms with E-state index in [2.05, 4.69) is 30.5 Å². The number of thiazole rings is 1. The van der Waals surface area contributed by atoms with Gasteiger partial charge in [-0.05, 0) is 18.9 Å². The lowest BCUT2D eigenvalue weighted by molar-refractivity contribution is 0.102. The molecule has 152 valence electrons.